The van der Waals surface area contributed by atoms with Crippen molar-refractivity contribution in [3.8, 4) is 0 Å². The van der Waals surface area contributed by atoms with Gasteiger partial charge in [-0.25, -0.2) is 0 Å². The maximum atomic E-state index is 10.8. The molecule has 0 aromatic carbocycles. The second-order valence-corrected chi connectivity index (χ2v) is 6.33. The van der Waals surface area contributed by atoms with Crippen LogP contribution in [0.4, 0.5) is 0 Å². The van der Waals surface area contributed by atoms with E-state index >= 15 is 0 Å². The Labute approximate surface area is 80.1 Å². The number of aliphatic carboxylic acids is 1. The van der Waals surface area contributed by atoms with Crippen LogP contribution < -0.4 is 0 Å². The molecule has 1 unspecified atom stereocenters. The predicted octanol–water partition coefficient (Wildman–Crippen LogP) is -0.0645. The molecule has 0 rings (SSSR count). The van der Waals surface area contributed by atoms with Gasteiger partial charge in [-0.2, -0.15) is 0 Å². The maximum absolute atomic E-state index is 10.8. The zero-order chi connectivity index (χ0) is 9.72. The SMILES string of the molecule is CC(=O)C(C/C=[C](\C)[GeH3])C(=O)O. The van der Waals surface area contributed by atoms with Gasteiger partial charge in [0.1, 0.15) is 0 Å². The Morgan fingerprint density at radius 2 is 2.00 bits per heavy atom. The van der Waals surface area contributed by atoms with E-state index in [1.807, 2.05) is 13.0 Å². The van der Waals surface area contributed by atoms with E-state index in [1.54, 1.807) is 0 Å². The van der Waals surface area contributed by atoms with E-state index in [-0.39, 0.29) is 5.78 Å². The van der Waals surface area contributed by atoms with Gasteiger partial charge in [-0.15, -0.1) is 0 Å². The number of carboxylic acid groups (broad SMARTS) is 1. The first kappa shape index (κ1) is 11.4. The van der Waals surface area contributed by atoms with Crippen molar-refractivity contribution in [2.45, 2.75) is 20.3 Å². The van der Waals surface area contributed by atoms with Crippen molar-refractivity contribution in [1.29, 1.82) is 0 Å². The fourth-order valence-electron chi connectivity index (χ4n) is 0.794. The summed E-state index contributed by atoms with van der Waals surface area (Å²) in [5.74, 6) is -2.14. The molecular formula is C8H14GeO3. The molecule has 0 fully saturated rings. The van der Waals surface area contributed by atoms with E-state index in [2.05, 4.69) is 0 Å². The Hall–Kier alpha value is -0.577. The molecule has 1 atom stereocenters. The average molecular weight is 231 g/mol. The number of hydrogen-bond donors (Lipinski definition) is 1. The molecule has 68 valence electrons. The molecule has 3 nitrogen and oxygen atoms in total. The first-order chi connectivity index (χ1) is 5.45. The molecule has 12 heavy (non-hydrogen) atoms. The molecule has 0 saturated carbocycles. The van der Waals surface area contributed by atoms with E-state index in [0.717, 1.165) is 0 Å². The number of Topliss-reactive ketones (excluding diaryl/α,β-unsaturated/α-hetero) is 1. The zero-order valence-electron chi connectivity index (χ0n) is 7.63. The molecule has 1 N–H and O–H groups in total. The second kappa shape index (κ2) is 5.14. The van der Waals surface area contributed by atoms with Crippen LogP contribution >= 0.6 is 0 Å². The van der Waals surface area contributed by atoms with Crippen LogP contribution in [0, 0.1) is 5.92 Å². The minimum absolute atomic E-state index is 0.271. The van der Waals surface area contributed by atoms with Gasteiger partial charge in [-0.3, -0.25) is 0 Å². The Bertz CT molecular complexity index is 202. The van der Waals surface area contributed by atoms with Gasteiger partial charge >= 0.3 is 79.6 Å². The quantitative estimate of drug-likeness (QED) is 0.544. The van der Waals surface area contributed by atoms with Crippen LogP contribution in [-0.4, -0.2) is 33.4 Å². The summed E-state index contributed by atoms with van der Waals surface area (Å²) in [6.07, 6.45) is 2.19. The van der Waals surface area contributed by atoms with Crippen molar-refractivity contribution >= 4 is 28.3 Å². The second-order valence-electron chi connectivity index (χ2n) is 3.02. The molecule has 4 heteroatoms. The van der Waals surface area contributed by atoms with Crippen molar-refractivity contribution in [3.05, 3.63) is 10.5 Å². The van der Waals surface area contributed by atoms with Crippen molar-refractivity contribution in [1.82, 2.24) is 0 Å². The molecule has 0 aromatic heterocycles. The summed E-state index contributed by atoms with van der Waals surface area (Å²) in [5, 5.41) is 8.62. The van der Waals surface area contributed by atoms with Gasteiger partial charge in [0.2, 0.25) is 0 Å². The minimum atomic E-state index is -1.02. The molecule has 0 amide bonds. The van der Waals surface area contributed by atoms with E-state index in [1.165, 1.54) is 11.3 Å². The van der Waals surface area contributed by atoms with Gasteiger partial charge in [0.05, 0.1) is 0 Å². The van der Waals surface area contributed by atoms with Gasteiger partial charge < -0.3 is 0 Å². The summed E-state index contributed by atoms with van der Waals surface area (Å²) < 4.78 is 1.22. The van der Waals surface area contributed by atoms with Crippen LogP contribution in [-0.2, 0) is 9.59 Å². The molecule has 0 bridgehead atoms. The Morgan fingerprint density at radius 3 is 2.25 bits per heavy atom. The van der Waals surface area contributed by atoms with Crippen LogP contribution in [0.25, 0.3) is 0 Å². The van der Waals surface area contributed by atoms with E-state index < -0.39 is 11.9 Å². The first-order valence-corrected chi connectivity index (χ1v) is 5.91. The van der Waals surface area contributed by atoms with Crippen LogP contribution in [0.5, 0.6) is 0 Å². The van der Waals surface area contributed by atoms with Crippen LogP contribution in [0.1, 0.15) is 20.3 Å². The summed E-state index contributed by atoms with van der Waals surface area (Å²) in [6.45, 7) is 3.28. The number of ketones is 1. The average Bonchev–Trinajstić information content (AvgIpc) is 1.84. The van der Waals surface area contributed by atoms with E-state index in [0.29, 0.717) is 22.9 Å². The topological polar surface area (TPSA) is 54.4 Å². The summed E-state index contributed by atoms with van der Waals surface area (Å²) in [6, 6.07) is 0. The molecule has 0 spiro atoms. The predicted molar refractivity (Wildman–Crippen MR) is 50.1 cm³/mol. The van der Waals surface area contributed by atoms with Gasteiger partial charge in [-0.05, 0) is 0 Å². The van der Waals surface area contributed by atoms with Crippen molar-refractivity contribution in [3.63, 3.8) is 0 Å². The summed E-state index contributed by atoms with van der Waals surface area (Å²) >= 11 is 0.590. The number of allylic oxidation sites excluding steroid dienone is 2. The normalized spacial score (nSPS) is 14.3. The third kappa shape index (κ3) is 4.33. The summed E-state index contributed by atoms with van der Waals surface area (Å²) in [5.41, 5.74) is 0. The van der Waals surface area contributed by atoms with Gasteiger partial charge in [0.25, 0.3) is 0 Å². The Morgan fingerprint density at radius 1 is 1.50 bits per heavy atom. The number of carbonyl (C=O) groups excluding carboxylic acids is 1. The molecule has 0 aliphatic carbocycles. The molecule has 0 heterocycles. The van der Waals surface area contributed by atoms with E-state index in [9.17, 15) is 9.59 Å². The standard InChI is InChI=1S/C8H14GeO3/c1-5(9)3-4-7(6(2)10)8(11)12/h3,7H,4H2,1-2,9H3,(H,11,12)/b5-3+. The Balaban J connectivity index is 4.25. The summed E-state index contributed by atoms with van der Waals surface area (Å²) in [4.78, 5) is 21.3. The molecule has 0 aromatic rings. The number of carboxylic acids is 1. The Kier molecular flexibility index (Phi) is 4.89. The molecular weight excluding hydrogens is 217 g/mol. The number of hydrogen-bond acceptors (Lipinski definition) is 2. The molecule has 0 aliphatic heterocycles. The van der Waals surface area contributed by atoms with Gasteiger partial charge in [0, 0.05) is 0 Å². The molecule has 0 radical (unpaired) electrons. The van der Waals surface area contributed by atoms with Crippen LogP contribution in [0.3, 0.4) is 0 Å². The molecule has 0 saturated heterocycles. The van der Waals surface area contributed by atoms with Gasteiger partial charge in [0.15, 0.2) is 0 Å². The van der Waals surface area contributed by atoms with Gasteiger partial charge in [-0.1, -0.05) is 0 Å². The first-order valence-electron chi connectivity index (χ1n) is 3.81. The van der Waals surface area contributed by atoms with Crippen molar-refractivity contribution < 1.29 is 14.7 Å². The third-order valence-electron chi connectivity index (χ3n) is 1.55. The van der Waals surface area contributed by atoms with Crippen molar-refractivity contribution in [2.75, 3.05) is 0 Å². The molecule has 0 aliphatic rings. The van der Waals surface area contributed by atoms with Crippen LogP contribution in [0.15, 0.2) is 10.5 Å². The van der Waals surface area contributed by atoms with Crippen molar-refractivity contribution in [2.24, 2.45) is 5.92 Å². The number of carbonyl (C=O) groups is 2. The summed E-state index contributed by atoms with van der Waals surface area (Å²) in [7, 11) is 0. The fraction of sp³-hybridized carbons (Fsp3) is 0.500. The monoisotopic (exact) mass is 232 g/mol. The fourth-order valence-corrected chi connectivity index (χ4v) is 1.29. The van der Waals surface area contributed by atoms with Crippen LogP contribution in [0.2, 0.25) is 0 Å². The third-order valence-corrected chi connectivity index (χ3v) is 2.41. The zero-order valence-corrected chi connectivity index (χ0v) is 11.8. The number of rotatable bonds is 4. The van der Waals surface area contributed by atoms with E-state index in [4.69, 9.17) is 5.11 Å².